The monoisotopic (exact) mass is 296 g/mol. The molecule has 1 fully saturated rings. The van der Waals surface area contributed by atoms with Crippen LogP contribution in [0.1, 0.15) is 30.1 Å². The summed E-state index contributed by atoms with van der Waals surface area (Å²) in [6.07, 6.45) is 2.05. The molecule has 3 heteroatoms. The highest BCUT2D eigenvalue weighted by atomic mass is 32.1. The van der Waals surface area contributed by atoms with E-state index in [4.69, 9.17) is 4.74 Å². The van der Waals surface area contributed by atoms with Crippen molar-refractivity contribution in [1.82, 2.24) is 0 Å². The fourth-order valence-corrected chi connectivity index (χ4v) is 3.51. The van der Waals surface area contributed by atoms with Gasteiger partial charge in [0.25, 0.3) is 0 Å². The molecule has 0 amide bonds. The normalized spacial score (nSPS) is 16.0. The summed E-state index contributed by atoms with van der Waals surface area (Å²) in [5.74, 6) is 0.855. The molecule has 0 spiro atoms. The quantitative estimate of drug-likeness (QED) is 0.767. The molecule has 3 aromatic rings. The summed E-state index contributed by atoms with van der Waals surface area (Å²) in [7, 11) is 0. The van der Waals surface area contributed by atoms with E-state index in [9.17, 15) is 5.11 Å². The molecule has 2 nitrogen and oxygen atoms in total. The number of aliphatic hydroxyl groups is 1. The second-order valence-electron chi connectivity index (χ2n) is 5.48. The lowest BCUT2D eigenvalue weighted by Gasteiger charge is -2.12. The predicted molar refractivity (Wildman–Crippen MR) is 86.0 cm³/mol. The topological polar surface area (TPSA) is 29.5 Å². The Morgan fingerprint density at radius 3 is 2.81 bits per heavy atom. The molecule has 1 aliphatic carbocycles. The number of aliphatic hydroxyl groups excluding tert-OH is 1. The van der Waals surface area contributed by atoms with Crippen molar-refractivity contribution in [1.29, 1.82) is 0 Å². The van der Waals surface area contributed by atoms with Gasteiger partial charge in [0.05, 0.1) is 6.10 Å². The first kappa shape index (κ1) is 12.9. The zero-order valence-corrected chi connectivity index (χ0v) is 12.3. The van der Waals surface area contributed by atoms with Gasteiger partial charge in [-0.15, -0.1) is 11.3 Å². The molecule has 1 atom stereocenters. The molecule has 1 aliphatic rings. The van der Waals surface area contributed by atoms with Crippen LogP contribution in [0.25, 0.3) is 10.1 Å². The molecule has 106 valence electrons. The summed E-state index contributed by atoms with van der Waals surface area (Å²) in [6.45, 7) is 0. The van der Waals surface area contributed by atoms with Crippen LogP contribution in [-0.4, -0.2) is 11.2 Å². The van der Waals surface area contributed by atoms with Crippen LogP contribution in [0.5, 0.6) is 5.75 Å². The predicted octanol–water partition coefficient (Wildman–Crippen LogP) is 4.52. The Morgan fingerprint density at radius 2 is 1.95 bits per heavy atom. The van der Waals surface area contributed by atoms with Crippen molar-refractivity contribution < 1.29 is 9.84 Å². The van der Waals surface area contributed by atoms with Gasteiger partial charge in [0.1, 0.15) is 11.9 Å². The molecule has 0 aliphatic heterocycles. The summed E-state index contributed by atoms with van der Waals surface area (Å²) in [5.41, 5.74) is 1.86. The Balaban J connectivity index is 1.68. The molecule has 1 saturated carbocycles. The van der Waals surface area contributed by atoms with E-state index in [1.807, 2.05) is 41.8 Å². The van der Waals surface area contributed by atoms with Gasteiger partial charge < -0.3 is 9.84 Å². The minimum Gasteiger partial charge on any atom is -0.490 e. The maximum Gasteiger partial charge on any atom is 0.120 e. The van der Waals surface area contributed by atoms with Gasteiger partial charge in [-0.3, -0.25) is 0 Å². The Kier molecular flexibility index (Phi) is 3.17. The van der Waals surface area contributed by atoms with E-state index in [1.54, 1.807) is 11.3 Å². The second kappa shape index (κ2) is 5.17. The lowest BCUT2D eigenvalue weighted by Crippen LogP contribution is -2.01. The number of hydrogen-bond acceptors (Lipinski definition) is 3. The van der Waals surface area contributed by atoms with Crippen LogP contribution in [0.3, 0.4) is 0 Å². The van der Waals surface area contributed by atoms with Crippen molar-refractivity contribution in [3.8, 4) is 5.75 Å². The number of thiophene rings is 1. The van der Waals surface area contributed by atoms with Crippen LogP contribution in [0.15, 0.2) is 53.9 Å². The van der Waals surface area contributed by atoms with Crippen LogP contribution in [0.4, 0.5) is 0 Å². The molecule has 21 heavy (non-hydrogen) atoms. The molecule has 1 heterocycles. The van der Waals surface area contributed by atoms with Gasteiger partial charge in [-0.2, -0.15) is 0 Å². The maximum absolute atomic E-state index is 10.7. The van der Waals surface area contributed by atoms with E-state index in [0.29, 0.717) is 6.10 Å². The molecule has 1 aromatic heterocycles. The van der Waals surface area contributed by atoms with E-state index < -0.39 is 6.10 Å². The van der Waals surface area contributed by atoms with E-state index >= 15 is 0 Å². The van der Waals surface area contributed by atoms with Gasteiger partial charge >= 0.3 is 0 Å². The van der Waals surface area contributed by atoms with Crippen molar-refractivity contribution in [2.75, 3.05) is 0 Å². The smallest absolute Gasteiger partial charge is 0.120 e. The highest BCUT2D eigenvalue weighted by molar-refractivity contribution is 7.17. The third-order valence-electron chi connectivity index (χ3n) is 3.81. The van der Waals surface area contributed by atoms with Gasteiger partial charge in [0.2, 0.25) is 0 Å². The third-order valence-corrected chi connectivity index (χ3v) is 4.79. The molecule has 2 aromatic carbocycles. The van der Waals surface area contributed by atoms with Gasteiger partial charge in [0.15, 0.2) is 0 Å². The van der Waals surface area contributed by atoms with Crippen LogP contribution in [0, 0.1) is 0 Å². The molecule has 1 unspecified atom stereocenters. The van der Waals surface area contributed by atoms with Gasteiger partial charge in [-0.25, -0.2) is 0 Å². The standard InChI is InChI=1S/C18H16O2S/c19-18(16-11-21-17-7-2-1-6-15(16)17)12-4-3-5-14(10-12)20-13-8-9-13/h1-7,10-11,13,18-19H,8-9H2. The number of benzene rings is 2. The number of fused-ring (bicyclic) bond motifs is 1. The minimum absolute atomic E-state index is 0.374. The lowest BCUT2D eigenvalue weighted by molar-refractivity contribution is 0.221. The Labute approximate surface area is 127 Å². The molecule has 4 rings (SSSR count). The van der Waals surface area contributed by atoms with Crippen molar-refractivity contribution in [3.63, 3.8) is 0 Å². The number of ether oxygens (including phenoxy) is 1. The second-order valence-corrected chi connectivity index (χ2v) is 6.39. The van der Waals surface area contributed by atoms with Crippen molar-refractivity contribution in [2.45, 2.75) is 25.0 Å². The maximum atomic E-state index is 10.7. The average Bonchev–Trinajstić information content (AvgIpc) is 3.23. The van der Waals surface area contributed by atoms with E-state index in [-0.39, 0.29) is 0 Å². The summed E-state index contributed by atoms with van der Waals surface area (Å²) < 4.78 is 7.02. The average molecular weight is 296 g/mol. The molecular formula is C18H16O2S. The van der Waals surface area contributed by atoms with E-state index in [0.717, 1.165) is 35.1 Å². The summed E-state index contributed by atoms with van der Waals surface area (Å²) >= 11 is 1.67. The summed E-state index contributed by atoms with van der Waals surface area (Å²) in [6, 6.07) is 16.0. The highest BCUT2D eigenvalue weighted by Crippen LogP contribution is 2.35. The first-order valence-electron chi connectivity index (χ1n) is 7.22. The number of hydrogen-bond donors (Lipinski definition) is 1. The first-order valence-corrected chi connectivity index (χ1v) is 8.10. The van der Waals surface area contributed by atoms with Crippen molar-refractivity contribution >= 4 is 21.4 Å². The Morgan fingerprint density at radius 1 is 1.10 bits per heavy atom. The highest BCUT2D eigenvalue weighted by Gasteiger charge is 2.24. The van der Waals surface area contributed by atoms with Crippen LogP contribution in [-0.2, 0) is 0 Å². The first-order chi connectivity index (χ1) is 10.3. The lowest BCUT2D eigenvalue weighted by atomic mass is 10.0. The zero-order chi connectivity index (χ0) is 14.2. The summed E-state index contributed by atoms with van der Waals surface area (Å²) in [5, 5.41) is 13.9. The fourth-order valence-electron chi connectivity index (χ4n) is 2.53. The van der Waals surface area contributed by atoms with E-state index in [2.05, 4.69) is 12.1 Å². The van der Waals surface area contributed by atoms with Crippen LogP contribution >= 0.6 is 11.3 Å². The molecule has 0 radical (unpaired) electrons. The van der Waals surface area contributed by atoms with Gasteiger partial charge in [0, 0.05) is 10.3 Å². The number of rotatable bonds is 4. The zero-order valence-electron chi connectivity index (χ0n) is 11.5. The van der Waals surface area contributed by atoms with Crippen LogP contribution in [0.2, 0.25) is 0 Å². The van der Waals surface area contributed by atoms with Crippen LogP contribution < -0.4 is 4.74 Å². The van der Waals surface area contributed by atoms with Gasteiger partial charge in [-0.1, -0.05) is 30.3 Å². The fraction of sp³-hybridized carbons (Fsp3) is 0.222. The molecule has 1 N–H and O–H groups in total. The largest absolute Gasteiger partial charge is 0.490 e. The van der Waals surface area contributed by atoms with E-state index in [1.165, 1.54) is 4.70 Å². The molecule has 0 saturated heterocycles. The summed E-state index contributed by atoms with van der Waals surface area (Å²) in [4.78, 5) is 0. The molecule has 0 bridgehead atoms. The van der Waals surface area contributed by atoms with Crippen molar-refractivity contribution in [3.05, 3.63) is 65.0 Å². The minimum atomic E-state index is -0.607. The Hall–Kier alpha value is -1.84. The van der Waals surface area contributed by atoms with Crippen molar-refractivity contribution in [2.24, 2.45) is 0 Å². The third kappa shape index (κ3) is 2.55. The Bertz CT molecular complexity index is 773. The van der Waals surface area contributed by atoms with Gasteiger partial charge in [-0.05, 0) is 47.4 Å². The SMILES string of the molecule is OC(c1cccc(OC2CC2)c1)c1csc2ccccc12. The molecular weight excluding hydrogens is 280 g/mol.